The van der Waals surface area contributed by atoms with E-state index >= 15 is 0 Å². The summed E-state index contributed by atoms with van der Waals surface area (Å²) in [6, 6.07) is 0. The van der Waals surface area contributed by atoms with Gasteiger partial charge in [0.1, 0.15) is 5.76 Å². The van der Waals surface area contributed by atoms with Crippen molar-refractivity contribution in [2.75, 3.05) is 0 Å². The Morgan fingerprint density at radius 3 is 2.37 bits per heavy atom. The summed E-state index contributed by atoms with van der Waals surface area (Å²) in [5, 5.41) is 2.21. The number of nitrogens with zero attached hydrogens (tertiary/aromatic N) is 1. The zero-order valence-corrected chi connectivity index (χ0v) is 13.2. The molecule has 19 heavy (non-hydrogen) atoms. The lowest BCUT2D eigenvalue weighted by Crippen LogP contribution is -2.46. The van der Waals surface area contributed by atoms with Crippen LogP contribution in [0.25, 0.3) is 0 Å². The van der Waals surface area contributed by atoms with Crippen LogP contribution in [0.5, 0.6) is 0 Å². The zero-order chi connectivity index (χ0) is 14.5. The van der Waals surface area contributed by atoms with Gasteiger partial charge in [-0.15, -0.1) is 5.06 Å². The minimum absolute atomic E-state index is 0.00831. The molecule has 106 valence electrons. The quantitative estimate of drug-likeness (QED) is 0.673. The van der Waals surface area contributed by atoms with Crippen LogP contribution in [0.3, 0.4) is 0 Å². The van der Waals surface area contributed by atoms with Crippen molar-refractivity contribution in [3.8, 4) is 0 Å². The zero-order valence-electron chi connectivity index (χ0n) is 13.2. The highest BCUT2D eigenvalue weighted by atomic mass is 16.7. The number of fused-ring (bicyclic) bond motifs is 1. The molecule has 0 aliphatic carbocycles. The molecule has 0 aromatic rings. The summed E-state index contributed by atoms with van der Waals surface area (Å²) in [6.07, 6.45) is 8.32. The smallest absolute Gasteiger partial charge is 0.135 e. The van der Waals surface area contributed by atoms with Crippen molar-refractivity contribution in [2.24, 2.45) is 5.41 Å². The van der Waals surface area contributed by atoms with Crippen molar-refractivity contribution in [1.29, 1.82) is 0 Å². The minimum atomic E-state index is -0.00831. The first kappa shape index (κ1) is 14.4. The van der Waals surface area contributed by atoms with E-state index in [1.807, 2.05) is 12.2 Å². The maximum absolute atomic E-state index is 6.31. The monoisotopic (exact) mass is 261 g/mol. The van der Waals surface area contributed by atoms with Crippen LogP contribution in [-0.4, -0.2) is 16.1 Å². The molecule has 0 aromatic carbocycles. The molecule has 2 rings (SSSR count). The second-order valence-electron chi connectivity index (χ2n) is 7.56. The molecule has 0 amide bonds. The lowest BCUT2D eigenvalue weighted by Gasteiger charge is -2.35. The highest BCUT2D eigenvalue weighted by molar-refractivity contribution is 5.41. The van der Waals surface area contributed by atoms with E-state index in [2.05, 4.69) is 59.3 Å². The molecule has 2 nitrogen and oxygen atoms in total. The molecule has 0 spiro atoms. The van der Waals surface area contributed by atoms with Gasteiger partial charge in [-0.3, -0.25) is 0 Å². The van der Waals surface area contributed by atoms with Crippen LogP contribution in [0.2, 0.25) is 0 Å². The van der Waals surface area contributed by atoms with Gasteiger partial charge in [-0.2, -0.15) is 0 Å². The maximum Gasteiger partial charge on any atom is 0.135 e. The van der Waals surface area contributed by atoms with E-state index in [1.54, 1.807) is 0 Å². The molecule has 2 heteroatoms. The first-order valence-electron chi connectivity index (χ1n) is 7.15. The van der Waals surface area contributed by atoms with Crippen molar-refractivity contribution in [2.45, 2.75) is 65.5 Å². The molecule has 2 heterocycles. The van der Waals surface area contributed by atoms with E-state index in [9.17, 15) is 0 Å². The van der Waals surface area contributed by atoms with E-state index in [-0.39, 0.29) is 16.5 Å². The minimum Gasteiger partial charge on any atom is -0.408 e. The second-order valence-corrected chi connectivity index (χ2v) is 7.56. The summed E-state index contributed by atoms with van der Waals surface area (Å²) in [6.45, 7) is 17.2. The van der Waals surface area contributed by atoms with Crippen molar-refractivity contribution < 1.29 is 4.84 Å². The molecule has 2 aliphatic heterocycles. The maximum atomic E-state index is 6.31. The van der Waals surface area contributed by atoms with Gasteiger partial charge < -0.3 is 4.84 Å². The molecular formula is C17H27NO. The van der Waals surface area contributed by atoms with Crippen molar-refractivity contribution in [3.63, 3.8) is 0 Å². The second kappa shape index (κ2) is 4.24. The summed E-state index contributed by atoms with van der Waals surface area (Å²) in [5.41, 5.74) is 1.41. The molecule has 0 aromatic heterocycles. The highest BCUT2D eigenvalue weighted by Gasteiger charge is 2.57. The van der Waals surface area contributed by atoms with Crippen LogP contribution >= 0.6 is 0 Å². The Bertz CT molecular complexity index is 450. The Morgan fingerprint density at radius 2 is 1.84 bits per heavy atom. The van der Waals surface area contributed by atoms with Gasteiger partial charge in [0.2, 0.25) is 0 Å². The summed E-state index contributed by atoms with van der Waals surface area (Å²) in [7, 11) is 0. The van der Waals surface area contributed by atoms with E-state index in [4.69, 9.17) is 4.84 Å². The number of allylic oxidation sites excluding steroid dienone is 3. The summed E-state index contributed by atoms with van der Waals surface area (Å²) in [4.78, 5) is 6.31. The molecule has 2 aliphatic rings. The van der Waals surface area contributed by atoms with Crippen LogP contribution in [0.15, 0.2) is 36.1 Å². The SMILES string of the molecule is C=C/C=C/C1=C(C(C)(C)C)ON2C(C)(C)CCC12C. The van der Waals surface area contributed by atoms with Crippen LogP contribution in [-0.2, 0) is 4.84 Å². The molecule has 0 radical (unpaired) electrons. The third-order valence-corrected chi connectivity index (χ3v) is 4.31. The highest BCUT2D eigenvalue weighted by Crippen LogP contribution is 2.54. The predicted octanol–water partition coefficient (Wildman–Crippen LogP) is 4.61. The standard InChI is InChI=1S/C17H27NO/c1-8-9-10-13-14(15(2,3)4)19-18-16(5,6)11-12-17(13,18)7/h8-10H,1,11-12H2,2-7H3/b10-9+. The Morgan fingerprint density at radius 1 is 1.21 bits per heavy atom. The van der Waals surface area contributed by atoms with Crippen molar-refractivity contribution >= 4 is 0 Å². The van der Waals surface area contributed by atoms with E-state index < -0.39 is 0 Å². The average molecular weight is 261 g/mol. The van der Waals surface area contributed by atoms with Crippen LogP contribution in [0.4, 0.5) is 0 Å². The van der Waals surface area contributed by atoms with Gasteiger partial charge in [-0.25, -0.2) is 0 Å². The molecule has 0 N–H and O–H groups in total. The number of hydroxylamine groups is 2. The van der Waals surface area contributed by atoms with E-state index in [0.29, 0.717) is 0 Å². The molecule has 1 unspecified atom stereocenters. The molecule has 1 saturated heterocycles. The van der Waals surface area contributed by atoms with Gasteiger partial charge in [0, 0.05) is 11.0 Å². The largest absolute Gasteiger partial charge is 0.408 e. The van der Waals surface area contributed by atoms with Crippen molar-refractivity contribution in [1.82, 2.24) is 5.06 Å². The molecule has 0 saturated carbocycles. The van der Waals surface area contributed by atoms with Gasteiger partial charge in [0.25, 0.3) is 0 Å². The average Bonchev–Trinajstić information content (AvgIpc) is 2.69. The Kier molecular flexibility index (Phi) is 3.21. The number of rotatable bonds is 2. The van der Waals surface area contributed by atoms with E-state index in [0.717, 1.165) is 18.6 Å². The van der Waals surface area contributed by atoms with E-state index in [1.165, 1.54) is 5.57 Å². The first-order valence-corrected chi connectivity index (χ1v) is 7.15. The van der Waals surface area contributed by atoms with Gasteiger partial charge in [0.15, 0.2) is 0 Å². The molecule has 1 atom stereocenters. The molecule has 0 bridgehead atoms. The lowest BCUT2D eigenvalue weighted by molar-refractivity contribution is -0.191. The van der Waals surface area contributed by atoms with Gasteiger partial charge in [-0.1, -0.05) is 45.6 Å². The Labute approximate surface area is 117 Å². The third kappa shape index (κ3) is 2.16. The Hall–Kier alpha value is -1.02. The van der Waals surface area contributed by atoms with Crippen LogP contribution in [0, 0.1) is 5.41 Å². The fourth-order valence-corrected chi connectivity index (χ4v) is 3.23. The summed E-state index contributed by atoms with van der Waals surface area (Å²) >= 11 is 0. The van der Waals surface area contributed by atoms with Gasteiger partial charge in [-0.05, 0) is 33.6 Å². The molecular weight excluding hydrogens is 234 g/mol. The Balaban J connectivity index is 2.52. The predicted molar refractivity (Wildman–Crippen MR) is 80.5 cm³/mol. The third-order valence-electron chi connectivity index (χ3n) is 4.31. The van der Waals surface area contributed by atoms with Crippen LogP contribution in [0.1, 0.15) is 54.4 Å². The molecule has 1 fully saturated rings. The van der Waals surface area contributed by atoms with Gasteiger partial charge >= 0.3 is 0 Å². The number of hydrogen-bond acceptors (Lipinski definition) is 2. The summed E-state index contributed by atoms with van der Waals surface area (Å²) in [5.74, 6) is 1.10. The number of hydrogen-bond donors (Lipinski definition) is 0. The lowest BCUT2D eigenvalue weighted by atomic mass is 9.82. The fourth-order valence-electron chi connectivity index (χ4n) is 3.23. The van der Waals surface area contributed by atoms with Crippen molar-refractivity contribution in [3.05, 3.63) is 36.1 Å². The summed E-state index contributed by atoms with van der Waals surface area (Å²) < 4.78 is 0. The van der Waals surface area contributed by atoms with Crippen LogP contribution < -0.4 is 0 Å². The topological polar surface area (TPSA) is 12.5 Å². The normalized spacial score (nSPS) is 30.8. The van der Waals surface area contributed by atoms with Gasteiger partial charge in [0.05, 0.1) is 11.1 Å². The first-order chi connectivity index (χ1) is 8.63. The fraction of sp³-hybridized carbons (Fsp3) is 0.647.